The number of urea groups is 1. The molecule has 0 spiro atoms. The number of rotatable bonds is 8. The number of esters is 2. The molecule has 7 nitrogen and oxygen atoms in total. The van der Waals surface area contributed by atoms with Gasteiger partial charge < -0.3 is 20.1 Å². The van der Waals surface area contributed by atoms with Crippen LogP contribution in [0.15, 0.2) is 30.3 Å². The van der Waals surface area contributed by atoms with Gasteiger partial charge in [-0.1, -0.05) is 30.3 Å². The van der Waals surface area contributed by atoms with Crippen LogP contribution in [0.3, 0.4) is 0 Å². The third kappa shape index (κ3) is 7.30. The molecule has 0 bridgehead atoms. The van der Waals surface area contributed by atoms with Crippen molar-refractivity contribution < 1.29 is 23.9 Å². The fourth-order valence-corrected chi connectivity index (χ4v) is 1.91. The Labute approximate surface area is 135 Å². The minimum atomic E-state index is -0.801. The summed E-state index contributed by atoms with van der Waals surface area (Å²) in [5, 5.41) is 5.05. The Hall–Kier alpha value is -2.57. The molecule has 1 atom stereocenters. The second-order valence-electron chi connectivity index (χ2n) is 4.72. The summed E-state index contributed by atoms with van der Waals surface area (Å²) >= 11 is 0. The number of hydrogen-bond acceptors (Lipinski definition) is 5. The van der Waals surface area contributed by atoms with E-state index in [0.717, 1.165) is 5.56 Å². The highest BCUT2D eigenvalue weighted by Gasteiger charge is 2.21. The zero-order valence-electron chi connectivity index (χ0n) is 13.3. The van der Waals surface area contributed by atoms with Gasteiger partial charge in [-0.3, -0.25) is 4.79 Å². The fraction of sp³-hybridized carbons (Fsp3) is 0.438. The summed E-state index contributed by atoms with van der Waals surface area (Å²) in [5.41, 5.74) is 0.898. The molecule has 23 heavy (non-hydrogen) atoms. The van der Waals surface area contributed by atoms with E-state index in [9.17, 15) is 14.4 Å². The Kier molecular flexibility index (Phi) is 8.20. The van der Waals surface area contributed by atoms with Crippen molar-refractivity contribution in [1.82, 2.24) is 10.6 Å². The number of carbonyl (C=O) groups is 3. The Morgan fingerprint density at radius 3 is 2.48 bits per heavy atom. The average Bonchev–Trinajstić information content (AvgIpc) is 2.54. The lowest BCUT2D eigenvalue weighted by atomic mass is 10.1. The molecule has 1 aromatic carbocycles. The smallest absolute Gasteiger partial charge is 0.328 e. The largest absolute Gasteiger partial charge is 0.467 e. The Morgan fingerprint density at radius 1 is 1.17 bits per heavy atom. The lowest BCUT2D eigenvalue weighted by Gasteiger charge is -2.17. The summed E-state index contributed by atoms with van der Waals surface area (Å²) in [4.78, 5) is 34.8. The van der Waals surface area contributed by atoms with Crippen LogP contribution in [0, 0.1) is 0 Å². The molecule has 0 heterocycles. The topological polar surface area (TPSA) is 93.7 Å². The van der Waals surface area contributed by atoms with Crippen molar-refractivity contribution in [2.75, 3.05) is 20.3 Å². The molecule has 0 saturated heterocycles. The Balaban J connectivity index is 2.48. The van der Waals surface area contributed by atoms with Crippen LogP contribution in [0.4, 0.5) is 4.79 Å². The van der Waals surface area contributed by atoms with Crippen LogP contribution in [0.5, 0.6) is 0 Å². The SMILES string of the molecule is CCOC(=O)CCNC(=O)NC(Cc1ccccc1)C(=O)OC. The lowest BCUT2D eigenvalue weighted by molar-refractivity contribution is -0.143. The highest BCUT2D eigenvalue weighted by atomic mass is 16.5. The molecule has 126 valence electrons. The third-order valence-electron chi connectivity index (χ3n) is 2.99. The quantitative estimate of drug-likeness (QED) is 0.697. The van der Waals surface area contributed by atoms with Gasteiger partial charge in [0.1, 0.15) is 6.04 Å². The summed E-state index contributed by atoms with van der Waals surface area (Å²) in [5.74, 6) is -0.920. The van der Waals surface area contributed by atoms with Crippen molar-refractivity contribution in [2.24, 2.45) is 0 Å². The fourth-order valence-electron chi connectivity index (χ4n) is 1.91. The van der Waals surface area contributed by atoms with Crippen molar-refractivity contribution in [3.05, 3.63) is 35.9 Å². The van der Waals surface area contributed by atoms with E-state index < -0.39 is 18.0 Å². The molecule has 0 aliphatic rings. The first-order chi connectivity index (χ1) is 11.1. The number of amides is 2. The first-order valence-electron chi connectivity index (χ1n) is 7.38. The van der Waals surface area contributed by atoms with E-state index in [1.54, 1.807) is 6.92 Å². The summed E-state index contributed by atoms with van der Waals surface area (Å²) in [7, 11) is 1.26. The molecule has 0 aliphatic carbocycles. The van der Waals surface area contributed by atoms with Gasteiger partial charge in [-0.25, -0.2) is 9.59 Å². The summed E-state index contributed by atoms with van der Waals surface area (Å²) in [6, 6.07) is 7.94. The maximum atomic E-state index is 11.8. The minimum absolute atomic E-state index is 0.0723. The van der Waals surface area contributed by atoms with E-state index in [-0.39, 0.29) is 18.9 Å². The molecular formula is C16H22N2O5. The average molecular weight is 322 g/mol. The van der Waals surface area contributed by atoms with Gasteiger partial charge in [-0.2, -0.15) is 0 Å². The molecule has 2 N–H and O–H groups in total. The number of hydrogen-bond donors (Lipinski definition) is 2. The molecule has 1 rings (SSSR count). The van der Waals surface area contributed by atoms with Crippen molar-refractivity contribution in [3.8, 4) is 0 Å². The maximum Gasteiger partial charge on any atom is 0.328 e. The van der Waals surface area contributed by atoms with Crippen molar-refractivity contribution >= 4 is 18.0 Å². The summed E-state index contributed by atoms with van der Waals surface area (Å²) in [6.45, 7) is 2.14. The van der Waals surface area contributed by atoms with Crippen molar-refractivity contribution in [2.45, 2.75) is 25.8 Å². The van der Waals surface area contributed by atoms with Crippen LogP contribution < -0.4 is 10.6 Å². The van der Waals surface area contributed by atoms with Crippen LogP contribution in [0.2, 0.25) is 0 Å². The Morgan fingerprint density at radius 2 is 1.87 bits per heavy atom. The van der Waals surface area contributed by atoms with Crippen molar-refractivity contribution in [3.63, 3.8) is 0 Å². The minimum Gasteiger partial charge on any atom is -0.467 e. The van der Waals surface area contributed by atoms with Gasteiger partial charge >= 0.3 is 18.0 Å². The van der Waals surface area contributed by atoms with Gasteiger partial charge in [0, 0.05) is 13.0 Å². The summed E-state index contributed by atoms with van der Waals surface area (Å²) < 4.78 is 9.46. The highest BCUT2D eigenvalue weighted by Crippen LogP contribution is 2.04. The second kappa shape index (κ2) is 10.2. The van der Waals surface area contributed by atoms with Gasteiger partial charge in [0.2, 0.25) is 0 Å². The number of nitrogens with one attached hydrogen (secondary N) is 2. The van der Waals surface area contributed by atoms with Crippen LogP contribution in [0.1, 0.15) is 18.9 Å². The molecule has 0 radical (unpaired) electrons. The molecule has 0 fully saturated rings. The van der Waals surface area contributed by atoms with E-state index >= 15 is 0 Å². The van der Waals surface area contributed by atoms with Crippen LogP contribution in [-0.2, 0) is 25.5 Å². The van der Waals surface area contributed by atoms with E-state index in [4.69, 9.17) is 9.47 Å². The van der Waals surface area contributed by atoms with Crippen LogP contribution in [0.25, 0.3) is 0 Å². The molecule has 7 heteroatoms. The lowest BCUT2D eigenvalue weighted by Crippen LogP contribution is -2.48. The van der Waals surface area contributed by atoms with Gasteiger partial charge in [-0.15, -0.1) is 0 Å². The Bertz CT molecular complexity index is 518. The van der Waals surface area contributed by atoms with Gasteiger partial charge in [0.15, 0.2) is 0 Å². The molecule has 0 aliphatic heterocycles. The third-order valence-corrected chi connectivity index (χ3v) is 2.99. The number of benzene rings is 1. The van der Waals surface area contributed by atoms with Crippen LogP contribution in [-0.4, -0.2) is 44.3 Å². The standard InChI is InChI=1S/C16H22N2O5/c1-3-23-14(19)9-10-17-16(21)18-13(15(20)22-2)11-12-7-5-4-6-8-12/h4-8,13H,3,9-11H2,1-2H3,(H2,17,18,21). The number of ether oxygens (including phenoxy) is 2. The first kappa shape index (κ1) is 18.5. The van der Waals surface area contributed by atoms with E-state index in [2.05, 4.69) is 10.6 Å². The van der Waals surface area contributed by atoms with Crippen LogP contribution >= 0.6 is 0 Å². The normalized spacial score (nSPS) is 11.2. The zero-order chi connectivity index (χ0) is 17.1. The van der Waals surface area contributed by atoms with Gasteiger partial charge in [0.25, 0.3) is 0 Å². The van der Waals surface area contributed by atoms with Gasteiger partial charge in [-0.05, 0) is 12.5 Å². The van der Waals surface area contributed by atoms with Crippen molar-refractivity contribution in [1.29, 1.82) is 0 Å². The maximum absolute atomic E-state index is 11.8. The number of carbonyl (C=O) groups excluding carboxylic acids is 3. The first-order valence-corrected chi connectivity index (χ1v) is 7.38. The zero-order valence-corrected chi connectivity index (χ0v) is 13.3. The predicted octanol–water partition coefficient (Wildman–Crippen LogP) is 1.02. The van der Waals surface area contributed by atoms with E-state index in [1.807, 2.05) is 30.3 Å². The second-order valence-corrected chi connectivity index (χ2v) is 4.72. The highest BCUT2D eigenvalue weighted by molar-refractivity contribution is 5.84. The molecular weight excluding hydrogens is 300 g/mol. The molecule has 2 amide bonds. The van der Waals surface area contributed by atoms with E-state index in [0.29, 0.717) is 13.0 Å². The van der Waals surface area contributed by atoms with E-state index in [1.165, 1.54) is 7.11 Å². The molecule has 1 aromatic rings. The summed E-state index contributed by atoms with van der Waals surface area (Å²) in [6.07, 6.45) is 0.391. The molecule has 1 unspecified atom stereocenters. The predicted molar refractivity (Wildman–Crippen MR) is 83.7 cm³/mol. The van der Waals surface area contributed by atoms with Gasteiger partial charge in [0.05, 0.1) is 20.1 Å². The number of methoxy groups -OCH3 is 1. The molecule has 0 saturated carbocycles. The monoisotopic (exact) mass is 322 g/mol. The molecule has 0 aromatic heterocycles.